The Kier molecular flexibility index (Phi) is 3.44. The monoisotopic (exact) mass is 235 g/mol. The summed E-state index contributed by atoms with van der Waals surface area (Å²) in [4.78, 5) is 22.5. The first kappa shape index (κ1) is 11.3. The van der Waals surface area contributed by atoms with Crippen LogP contribution in [-0.4, -0.2) is 30.2 Å². The van der Waals surface area contributed by atoms with Crippen molar-refractivity contribution in [2.75, 3.05) is 13.1 Å². The van der Waals surface area contributed by atoms with Gasteiger partial charge in [-0.25, -0.2) is 20.0 Å². The molecule has 0 aliphatic carbocycles. The molecule has 1 aromatic carbocycles. The van der Waals surface area contributed by atoms with Crippen LogP contribution in [0.5, 0.6) is 0 Å². The summed E-state index contributed by atoms with van der Waals surface area (Å²) in [5.74, 6) is 0. The Morgan fingerprint density at radius 3 is 2.82 bits per heavy atom. The van der Waals surface area contributed by atoms with Crippen LogP contribution < -0.4 is 10.7 Å². The molecule has 0 atom stereocenters. The molecular formula is C11H13N3O3. The van der Waals surface area contributed by atoms with Crippen LogP contribution in [-0.2, 0) is 11.3 Å². The summed E-state index contributed by atoms with van der Waals surface area (Å²) in [6, 6.07) is 9.01. The molecule has 2 N–H and O–H groups in total. The molecule has 90 valence electrons. The fourth-order valence-electron chi connectivity index (χ4n) is 1.44. The molecular weight excluding hydrogens is 222 g/mol. The molecule has 1 heterocycles. The van der Waals surface area contributed by atoms with Crippen molar-refractivity contribution in [2.24, 2.45) is 0 Å². The summed E-state index contributed by atoms with van der Waals surface area (Å²) in [5.41, 5.74) is 3.26. The second kappa shape index (κ2) is 5.20. The quantitative estimate of drug-likeness (QED) is 0.816. The van der Waals surface area contributed by atoms with E-state index in [0.29, 0.717) is 13.1 Å². The topological polar surface area (TPSA) is 70.7 Å². The summed E-state index contributed by atoms with van der Waals surface area (Å²) < 4.78 is 4.97. The van der Waals surface area contributed by atoms with Gasteiger partial charge in [0.1, 0.15) is 6.61 Å². The lowest BCUT2D eigenvalue weighted by Gasteiger charge is -2.15. The normalized spacial score (nSPS) is 14.4. The van der Waals surface area contributed by atoms with Gasteiger partial charge in [-0.3, -0.25) is 0 Å². The Morgan fingerprint density at radius 2 is 2.18 bits per heavy atom. The van der Waals surface area contributed by atoms with Crippen LogP contribution in [0.1, 0.15) is 5.56 Å². The summed E-state index contributed by atoms with van der Waals surface area (Å²) in [5, 5.41) is 3.75. The molecule has 2 rings (SSSR count). The van der Waals surface area contributed by atoms with E-state index in [1.807, 2.05) is 30.3 Å². The van der Waals surface area contributed by atoms with Gasteiger partial charge in [0, 0.05) is 6.54 Å². The fourth-order valence-corrected chi connectivity index (χ4v) is 1.44. The van der Waals surface area contributed by atoms with Crippen molar-refractivity contribution in [3.63, 3.8) is 0 Å². The Labute approximate surface area is 98.5 Å². The minimum absolute atomic E-state index is 0.183. The lowest BCUT2D eigenvalue weighted by atomic mass is 10.2. The molecule has 6 heteroatoms. The lowest BCUT2D eigenvalue weighted by molar-refractivity contribution is 0.114. The van der Waals surface area contributed by atoms with E-state index in [-0.39, 0.29) is 12.6 Å². The van der Waals surface area contributed by atoms with Crippen LogP contribution in [0.4, 0.5) is 9.59 Å². The number of hydrogen-bond acceptors (Lipinski definition) is 3. The zero-order valence-corrected chi connectivity index (χ0v) is 9.18. The van der Waals surface area contributed by atoms with Crippen molar-refractivity contribution in [1.29, 1.82) is 0 Å². The van der Waals surface area contributed by atoms with Crippen molar-refractivity contribution in [3.05, 3.63) is 35.9 Å². The van der Waals surface area contributed by atoms with Gasteiger partial charge in [-0.1, -0.05) is 30.3 Å². The van der Waals surface area contributed by atoms with Gasteiger partial charge in [-0.2, -0.15) is 0 Å². The number of benzene rings is 1. The number of hydrazine groups is 1. The molecule has 1 fully saturated rings. The highest BCUT2D eigenvalue weighted by Crippen LogP contribution is 2.01. The first-order valence-corrected chi connectivity index (χ1v) is 5.28. The van der Waals surface area contributed by atoms with Crippen LogP contribution in [0, 0.1) is 0 Å². The smallest absolute Gasteiger partial charge is 0.426 e. The van der Waals surface area contributed by atoms with Crippen LogP contribution in [0.3, 0.4) is 0 Å². The molecule has 0 saturated carbocycles. The summed E-state index contributed by atoms with van der Waals surface area (Å²) in [6.07, 6.45) is -0.633. The average Bonchev–Trinajstić information content (AvgIpc) is 2.74. The van der Waals surface area contributed by atoms with Gasteiger partial charge in [-0.05, 0) is 5.56 Å². The van der Waals surface area contributed by atoms with Crippen LogP contribution in [0.15, 0.2) is 30.3 Å². The lowest BCUT2D eigenvalue weighted by Crippen LogP contribution is -2.44. The summed E-state index contributed by atoms with van der Waals surface area (Å²) >= 11 is 0. The van der Waals surface area contributed by atoms with Crippen molar-refractivity contribution in [1.82, 2.24) is 15.8 Å². The fraction of sp³-hybridized carbons (Fsp3) is 0.273. The third-order valence-electron chi connectivity index (χ3n) is 2.30. The molecule has 1 aliphatic rings. The second-order valence-corrected chi connectivity index (χ2v) is 3.56. The summed E-state index contributed by atoms with van der Waals surface area (Å²) in [6.45, 7) is 1.15. The molecule has 0 bridgehead atoms. The zero-order chi connectivity index (χ0) is 12.1. The SMILES string of the molecule is O=C(NN1CCNC1=O)OCc1ccccc1. The van der Waals surface area contributed by atoms with Gasteiger partial charge in [-0.15, -0.1) is 0 Å². The third kappa shape index (κ3) is 3.10. The number of rotatable bonds is 3. The minimum atomic E-state index is -0.633. The highest BCUT2D eigenvalue weighted by molar-refractivity contribution is 5.79. The van der Waals surface area contributed by atoms with E-state index in [1.54, 1.807) is 0 Å². The standard InChI is InChI=1S/C11H13N3O3/c15-10-12-6-7-14(10)13-11(16)17-8-9-4-2-1-3-5-9/h1-5H,6-8H2,(H,12,15)(H,13,16). The Morgan fingerprint density at radius 1 is 1.41 bits per heavy atom. The number of amides is 3. The number of ether oxygens (including phenoxy) is 1. The zero-order valence-electron chi connectivity index (χ0n) is 9.18. The molecule has 0 unspecified atom stereocenters. The van der Waals surface area contributed by atoms with Gasteiger partial charge >= 0.3 is 12.1 Å². The number of nitrogens with zero attached hydrogens (tertiary/aromatic N) is 1. The van der Waals surface area contributed by atoms with Gasteiger partial charge in [0.15, 0.2) is 0 Å². The van der Waals surface area contributed by atoms with Gasteiger partial charge < -0.3 is 10.1 Å². The van der Waals surface area contributed by atoms with Crippen molar-refractivity contribution >= 4 is 12.1 Å². The molecule has 0 radical (unpaired) electrons. The molecule has 6 nitrogen and oxygen atoms in total. The van der Waals surface area contributed by atoms with E-state index in [9.17, 15) is 9.59 Å². The number of carbonyl (C=O) groups is 2. The van der Waals surface area contributed by atoms with E-state index in [0.717, 1.165) is 5.56 Å². The maximum absolute atomic E-state index is 11.4. The Bertz CT molecular complexity index is 408. The molecule has 1 saturated heterocycles. The molecule has 0 spiro atoms. The number of hydrogen-bond donors (Lipinski definition) is 2. The third-order valence-corrected chi connectivity index (χ3v) is 2.30. The molecule has 1 aliphatic heterocycles. The highest BCUT2D eigenvalue weighted by atomic mass is 16.6. The van der Waals surface area contributed by atoms with Crippen molar-refractivity contribution < 1.29 is 14.3 Å². The Balaban J connectivity index is 1.76. The first-order chi connectivity index (χ1) is 8.25. The van der Waals surface area contributed by atoms with E-state index >= 15 is 0 Å². The molecule has 3 amide bonds. The summed E-state index contributed by atoms with van der Waals surface area (Å²) in [7, 11) is 0. The number of carbonyl (C=O) groups excluding carboxylic acids is 2. The maximum atomic E-state index is 11.4. The minimum Gasteiger partial charge on any atom is -0.443 e. The van der Waals surface area contributed by atoms with Gasteiger partial charge in [0.2, 0.25) is 0 Å². The maximum Gasteiger partial charge on any atom is 0.426 e. The first-order valence-electron chi connectivity index (χ1n) is 5.28. The predicted octanol–water partition coefficient (Wildman–Crippen LogP) is 0.853. The van der Waals surface area contributed by atoms with Crippen molar-refractivity contribution in [2.45, 2.75) is 6.61 Å². The average molecular weight is 235 g/mol. The van der Waals surface area contributed by atoms with Gasteiger partial charge in [0.05, 0.1) is 6.54 Å². The number of urea groups is 1. The van der Waals surface area contributed by atoms with E-state index in [1.165, 1.54) is 5.01 Å². The van der Waals surface area contributed by atoms with Crippen LogP contribution >= 0.6 is 0 Å². The second-order valence-electron chi connectivity index (χ2n) is 3.56. The van der Waals surface area contributed by atoms with E-state index < -0.39 is 6.09 Å². The van der Waals surface area contributed by atoms with Gasteiger partial charge in [0.25, 0.3) is 0 Å². The van der Waals surface area contributed by atoms with Crippen LogP contribution in [0.2, 0.25) is 0 Å². The Hall–Kier alpha value is -2.24. The largest absolute Gasteiger partial charge is 0.443 e. The van der Waals surface area contributed by atoms with Crippen molar-refractivity contribution in [3.8, 4) is 0 Å². The molecule has 1 aromatic rings. The van der Waals surface area contributed by atoms with Crippen LogP contribution in [0.25, 0.3) is 0 Å². The highest BCUT2D eigenvalue weighted by Gasteiger charge is 2.21. The predicted molar refractivity (Wildman–Crippen MR) is 59.9 cm³/mol. The molecule has 17 heavy (non-hydrogen) atoms. The van der Waals surface area contributed by atoms with E-state index in [4.69, 9.17) is 4.74 Å². The number of nitrogens with one attached hydrogen (secondary N) is 2. The molecule has 0 aromatic heterocycles. The van der Waals surface area contributed by atoms with E-state index in [2.05, 4.69) is 10.7 Å².